The number of halogens is 2. The molecule has 0 aliphatic carbocycles. The fourth-order valence-electron chi connectivity index (χ4n) is 3.70. The Balaban J connectivity index is 1.93. The van der Waals surface area contributed by atoms with Crippen LogP contribution in [0, 0.1) is 13.8 Å². The lowest BCUT2D eigenvalue weighted by Gasteiger charge is -2.26. The smallest absolute Gasteiger partial charge is 0.264 e. The normalized spacial score (nSPS) is 12.2. The van der Waals surface area contributed by atoms with E-state index in [1.807, 2.05) is 39.0 Å². The lowest BCUT2D eigenvalue weighted by atomic mass is 10.0. The molecule has 1 atom stereocenters. The third-order valence-corrected chi connectivity index (χ3v) is 8.18. The Morgan fingerprint density at radius 2 is 1.69 bits per heavy atom. The van der Waals surface area contributed by atoms with Crippen molar-refractivity contribution in [2.45, 2.75) is 38.1 Å². The fraction of sp³-hybridized carbons (Fsp3) is 0.269. The maximum Gasteiger partial charge on any atom is 0.264 e. The van der Waals surface area contributed by atoms with Gasteiger partial charge in [0.25, 0.3) is 10.0 Å². The number of hydrogen-bond donors (Lipinski definition) is 1. The molecule has 0 aliphatic rings. The molecule has 0 radical (unpaired) electrons. The Bertz CT molecular complexity index is 1310. The molecule has 0 unspecified atom stereocenters. The molecule has 6 nitrogen and oxygen atoms in total. The standard InChI is InChI=1S/C26H28Cl2N2O4S/c1-5-24(19-8-13-25(34-4)18(3)14-19)29-26(31)16-30(20-9-12-22(27)23(28)15-20)35(32,33)21-10-6-17(2)7-11-21/h6-15,24H,5,16H2,1-4H3,(H,29,31)/t24-/m0/s1. The van der Waals surface area contributed by atoms with E-state index in [1.165, 1.54) is 30.3 Å². The van der Waals surface area contributed by atoms with E-state index in [0.717, 1.165) is 26.7 Å². The molecule has 0 fully saturated rings. The highest BCUT2D eigenvalue weighted by molar-refractivity contribution is 7.92. The molecule has 0 aromatic heterocycles. The van der Waals surface area contributed by atoms with E-state index >= 15 is 0 Å². The van der Waals surface area contributed by atoms with Crippen LogP contribution in [0.3, 0.4) is 0 Å². The van der Waals surface area contributed by atoms with Gasteiger partial charge in [0.15, 0.2) is 0 Å². The zero-order chi connectivity index (χ0) is 25.8. The molecule has 186 valence electrons. The molecule has 0 saturated heterocycles. The van der Waals surface area contributed by atoms with Crippen molar-refractivity contribution < 1.29 is 17.9 Å². The van der Waals surface area contributed by atoms with Crippen LogP contribution in [-0.2, 0) is 14.8 Å². The predicted octanol–water partition coefficient (Wildman–Crippen LogP) is 6.08. The van der Waals surface area contributed by atoms with E-state index < -0.39 is 22.5 Å². The summed E-state index contributed by atoms with van der Waals surface area (Å²) in [5.74, 6) is 0.303. The van der Waals surface area contributed by atoms with Crippen molar-refractivity contribution >= 4 is 44.8 Å². The van der Waals surface area contributed by atoms with Crippen LogP contribution in [0.15, 0.2) is 65.6 Å². The van der Waals surface area contributed by atoms with E-state index in [1.54, 1.807) is 19.2 Å². The van der Waals surface area contributed by atoms with Gasteiger partial charge in [0.2, 0.25) is 5.91 Å². The van der Waals surface area contributed by atoms with E-state index in [9.17, 15) is 13.2 Å². The molecule has 0 bridgehead atoms. The minimum Gasteiger partial charge on any atom is -0.496 e. The Morgan fingerprint density at radius 1 is 1.00 bits per heavy atom. The van der Waals surface area contributed by atoms with Crippen LogP contribution in [0.5, 0.6) is 5.75 Å². The predicted molar refractivity (Wildman–Crippen MR) is 141 cm³/mol. The van der Waals surface area contributed by atoms with Crippen molar-refractivity contribution in [3.8, 4) is 5.75 Å². The highest BCUT2D eigenvalue weighted by Crippen LogP contribution is 2.31. The molecule has 0 heterocycles. The minimum atomic E-state index is -4.06. The number of methoxy groups -OCH3 is 1. The maximum absolute atomic E-state index is 13.6. The first-order chi connectivity index (χ1) is 16.6. The molecule has 9 heteroatoms. The average molecular weight is 535 g/mol. The molecule has 35 heavy (non-hydrogen) atoms. The van der Waals surface area contributed by atoms with Gasteiger partial charge in [0, 0.05) is 0 Å². The van der Waals surface area contributed by atoms with Gasteiger partial charge in [-0.1, -0.05) is 60.0 Å². The monoisotopic (exact) mass is 534 g/mol. The summed E-state index contributed by atoms with van der Waals surface area (Å²) in [5, 5.41) is 3.44. The van der Waals surface area contributed by atoms with Gasteiger partial charge in [-0.05, 0) is 67.8 Å². The topological polar surface area (TPSA) is 75.7 Å². The number of nitrogens with one attached hydrogen (secondary N) is 1. The second-order valence-electron chi connectivity index (χ2n) is 8.18. The second kappa shape index (κ2) is 11.3. The summed E-state index contributed by atoms with van der Waals surface area (Å²) in [4.78, 5) is 13.2. The van der Waals surface area contributed by atoms with E-state index in [2.05, 4.69) is 5.32 Å². The Labute approximate surface area is 216 Å². The van der Waals surface area contributed by atoms with Crippen molar-refractivity contribution in [1.29, 1.82) is 0 Å². The van der Waals surface area contributed by atoms with Gasteiger partial charge in [-0.2, -0.15) is 0 Å². The van der Waals surface area contributed by atoms with Gasteiger partial charge in [0.1, 0.15) is 12.3 Å². The van der Waals surface area contributed by atoms with Crippen LogP contribution in [0.1, 0.15) is 36.1 Å². The van der Waals surface area contributed by atoms with E-state index in [-0.39, 0.29) is 26.7 Å². The summed E-state index contributed by atoms with van der Waals surface area (Å²) < 4.78 is 33.5. The third kappa shape index (κ3) is 6.28. The van der Waals surface area contributed by atoms with Crippen LogP contribution < -0.4 is 14.4 Å². The Morgan fingerprint density at radius 3 is 2.26 bits per heavy atom. The first-order valence-electron chi connectivity index (χ1n) is 11.0. The number of carbonyl (C=O) groups is 1. The largest absolute Gasteiger partial charge is 0.496 e. The molecule has 0 saturated carbocycles. The zero-order valence-corrected chi connectivity index (χ0v) is 22.3. The summed E-state index contributed by atoms with van der Waals surface area (Å²) >= 11 is 12.2. The summed E-state index contributed by atoms with van der Waals surface area (Å²) in [5.41, 5.74) is 3.01. The molecule has 1 amide bonds. The van der Waals surface area contributed by atoms with Crippen LogP contribution in [0.4, 0.5) is 5.69 Å². The van der Waals surface area contributed by atoms with Crippen molar-refractivity contribution in [3.05, 3.63) is 87.4 Å². The summed E-state index contributed by atoms with van der Waals surface area (Å²) in [6.07, 6.45) is 0.620. The van der Waals surface area contributed by atoms with Crippen LogP contribution >= 0.6 is 23.2 Å². The summed E-state index contributed by atoms with van der Waals surface area (Å²) in [7, 11) is -2.46. The van der Waals surface area contributed by atoms with Crippen molar-refractivity contribution in [3.63, 3.8) is 0 Å². The van der Waals surface area contributed by atoms with Gasteiger partial charge in [-0.15, -0.1) is 0 Å². The number of carbonyl (C=O) groups excluding carboxylic acids is 1. The zero-order valence-electron chi connectivity index (χ0n) is 20.0. The SMILES string of the molecule is CC[C@H](NC(=O)CN(c1ccc(Cl)c(Cl)c1)S(=O)(=O)c1ccc(C)cc1)c1ccc(OC)c(C)c1. The van der Waals surface area contributed by atoms with Gasteiger partial charge in [-0.3, -0.25) is 9.10 Å². The molecule has 1 N–H and O–H groups in total. The fourth-order valence-corrected chi connectivity index (χ4v) is 5.41. The summed E-state index contributed by atoms with van der Waals surface area (Å²) in [6, 6.07) is 16.3. The van der Waals surface area contributed by atoms with Gasteiger partial charge in [0.05, 0.1) is 33.8 Å². The minimum absolute atomic E-state index is 0.0693. The number of anilines is 1. The number of amides is 1. The van der Waals surface area contributed by atoms with E-state index in [0.29, 0.717) is 6.42 Å². The number of benzene rings is 3. The van der Waals surface area contributed by atoms with Crippen LogP contribution in [0.25, 0.3) is 0 Å². The number of rotatable bonds is 9. The summed E-state index contributed by atoms with van der Waals surface area (Å²) in [6.45, 7) is 5.31. The number of hydrogen-bond acceptors (Lipinski definition) is 4. The number of ether oxygens (including phenoxy) is 1. The molecular weight excluding hydrogens is 507 g/mol. The van der Waals surface area contributed by atoms with E-state index in [4.69, 9.17) is 27.9 Å². The van der Waals surface area contributed by atoms with Crippen molar-refractivity contribution in [2.24, 2.45) is 0 Å². The molecule has 3 aromatic rings. The number of aryl methyl sites for hydroxylation is 2. The van der Waals surface area contributed by atoms with Crippen molar-refractivity contribution in [2.75, 3.05) is 18.0 Å². The first-order valence-corrected chi connectivity index (χ1v) is 13.2. The number of sulfonamides is 1. The second-order valence-corrected chi connectivity index (χ2v) is 10.9. The number of nitrogens with zero attached hydrogens (tertiary/aromatic N) is 1. The van der Waals surface area contributed by atoms with Crippen LogP contribution in [-0.4, -0.2) is 28.0 Å². The molecule has 3 aromatic carbocycles. The Kier molecular flexibility index (Phi) is 8.70. The van der Waals surface area contributed by atoms with Gasteiger partial charge >= 0.3 is 0 Å². The quantitative estimate of drug-likeness (QED) is 0.360. The highest BCUT2D eigenvalue weighted by Gasteiger charge is 2.28. The molecule has 0 aliphatic heterocycles. The van der Waals surface area contributed by atoms with Gasteiger partial charge < -0.3 is 10.1 Å². The van der Waals surface area contributed by atoms with Crippen molar-refractivity contribution in [1.82, 2.24) is 5.32 Å². The lowest BCUT2D eigenvalue weighted by Crippen LogP contribution is -2.42. The first kappa shape index (κ1) is 26.9. The molecular formula is C26H28Cl2N2O4S. The lowest BCUT2D eigenvalue weighted by molar-refractivity contribution is -0.120. The third-order valence-electron chi connectivity index (χ3n) is 5.65. The molecule has 3 rings (SSSR count). The van der Waals surface area contributed by atoms with Gasteiger partial charge in [-0.25, -0.2) is 8.42 Å². The maximum atomic E-state index is 13.6. The molecule has 0 spiro atoms. The Hall–Kier alpha value is -2.74. The highest BCUT2D eigenvalue weighted by atomic mass is 35.5. The van der Waals surface area contributed by atoms with Crippen LogP contribution in [0.2, 0.25) is 10.0 Å². The average Bonchev–Trinajstić information content (AvgIpc) is 2.83.